The van der Waals surface area contributed by atoms with Crippen LogP contribution in [0, 0.1) is 0 Å². The van der Waals surface area contributed by atoms with Gasteiger partial charge in [-0.1, -0.05) is 0 Å². The highest BCUT2D eigenvalue weighted by Crippen LogP contribution is 2.30. The highest BCUT2D eigenvalue weighted by atomic mass is 32.1. The summed E-state index contributed by atoms with van der Waals surface area (Å²) < 4.78 is 5.22. The predicted molar refractivity (Wildman–Crippen MR) is 87.2 cm³/mol. The van der Waals surface area contributed by atoms with Crippen LogP contribution in [0.4, 0.5) is 4.79 Å². The normalized spacial score (nSPS) is 21.7. The molecule has 1 saturated heterocycles. The van der Waals surface area contributed by atoms with Crippen molar-refractivity contribution < 1.29 is 18.8 Å². The summed E-state index contributed by atoms with van der Waals surface area (Å²) in [6, 6.07) is 4.32. The first kappa shape index (κ1) is 16.3. The minimum Gasteiger partial charge on any atom is -0.467 e. The Hall–Kier alpha value is -2.61. The van der Waals surface area contributed by atoms with Crippen LogP contribution in [0.1, 0.15) is 31.2 Å². The molecule has 1 aliphatic rings. The van der Waals surface area contributed by atoms with Gasteiger partial charge >= 0.3 is 6.03 Å². The van der Waals surface area contributed by atoms with Gasteiger partial charge in [0.1, 0.15) is 17.8 Å². The molecule has 8 heteroatoms. The van der Waals surface area contributed by atoms with Crippen LogP contribution in [0.3, 0.4) is 0 Å². The van der Waals surface area contributed by atoms with Crippen LogP contribution in [0.2, 0.25) is 0 Å². The second-order valence-corrected chi connectivity index (χ2v) is 6.54. The fourth-order valence-electron chi connectivity index (χ4n) is 2.62. The number of furan rings is 1. The molecule has 0 saturated carbocycles. The summed E-state index contributed by atoms with van der Waals surface area (Å²) in [7, 11) is 0. The van der Waals surface area contributed by atoms with Gasteiger partial charge in [0.15, 0.2) is 0 Å². The van der Waals surface area contributed by atoms with Gasteiger partial charge in [-0.15, -0.1) is 0 Å². The van der Waals surface area contributed by atoms with Crippen LogP contribution in [0.25, 0.3) is 0 Å². The Kier molecular flexibility index (Phi) is 4.15. The highest BCUT2D eigenvalue weighted by molar-refractivity contribution is 7.08. The zero-order chi connectivity index (χ0) is 17.3. The molecule has 3 rings (SSSR count). The molecule has 0 radical (unpaired) electrons. The third-order valence-corrected chi connectivity index (χ3v) is 4.71. The molecule has 0 aliphatic carbocycles. The molecule has 1 aliphatic heterocycles. The smallest absolute Gasteiger partial charge is 0.325 e. The molecule has 24 heavy (non-hydrogen) atoms. The van der Waals surface area contributed by atoms with Crippen molar-refractivity contribution >= 4 is 29.2 Å². The average Bonchev–Trinajstić information content (AvgIpc) is 3.26. The Morgan fingerprint density at radius 2 is 2.25 bits per heavy atom. The lowest BCUT2D eigenvalue weighted by atomic mass is 9.95. The van der Waals surface area contributed by atoms with Crippen molar-refractivity contribution in [3.05, 3.63) is 46.5 Å². The molecule has 2 atom stereocenters. The van der Waals surface area contributed by atoms with Gasteiger partial charge in [-0.2, -0.15) is 11.3 Å². The van der Waals surface area contributed by atoms with Crippen molar-refractivity contribution in [2.24, 2.45) is 0 Å². The van der Waals surface area contributed by atoms with E-state index in [1.165, 1.54) is 17.6 Å². The van der Waals surface area contributed by atoms with Gasteiger partial charge in [0.05, 0.1) is 12.3 Å². The minimum atomic E-state index is -1.13. The Morgan fingerprint density at radius 3 is 2.88 bits per heavy atom. The molecule has 0 spiro atoms. The van der Waals surface area contributed by atoms with Gasteiger partial charge in [0.2, 0.25) is 5.91 Å². The molecule has 2 aromatic rings. The number of carbonyl (C=O) groups excluding carboxylic acids is 3. The van der Waals surface area contributed by atoms with Crippen molar-refractivity contribution in [2.75, 3.05) is 6.54 Å². The van der Waals surface area contributed by atoms with E-state index in [0.29, 0.717) is 11.3 Å². The van der Waals surface area contributed by atoms with E-state index in [2.05, 4.69) is 10.6 Å². The van der Waals surface area contributed by atoms with Crippen molar-refractivity contribution in [1.29, 1.82) is 0 Å². The maximum atomic E-state index is 12.6. The van der Waals surface area contributed by atoms with Crippen molar-refractivity contribution in [1.82, 2.24) is 15.5 Å². The van der Waals surface area contributed by atoms with Crippen molar-refractivity contribution in [3.8, 4) is 0 Å². The first-order valence-corrected chi connectivity index (χ1v) is 8.35. The van der Waals surface area contributed by atoms with E-state index >= 15 is 0 Å². The fourth-order valence-corrected chi connectivity index (χ4v) is 3.39. The molecule has 126 valence electrons. The number of rotatable bonds is 5. The van der Waals surface area contributed by atoms with E-state index in [4.69, 9.17) is 4.42 Å². The third-order valence-electron chi connectivity index (χ3n) is 4.02. The van der Waals surface area contributed by atoms with Crippen LogP contribution in [0.5, 0.6) is 0 Å². The lowest BCUT2D eigenvalue weighted by molar-refractivity contribution is -0.135. The van der Waals surface area contributed by atoms with Gasteiger partial charge < -0.3 is 15.1 Å². The predicted octanol–water partition coefficient (Wildman–Crippen LogP) is 1.99. The van der Waals surface area contributed by atoms with Gasteiger partial charge in [-0.3, -0.25) is 14.5 Å². The fraction of sp³-hybridized carbons (Fsp3) is 0.312. The van der Waals surface area contributed by atoms with Gasteiger partial charge in [-0.25, -0.2) is 4.79 Å². The molecule has 3 heterocycles. The van der Waals surface area contributed by atoms with E-state index in [1.54, 1.807) is 37.4 Å². The standard InChI is InChI=1S/C16H17N3O4S/c1-10(12-4-3-6-23-12)17-13(20)8-19-14(21)16(2,18-15(19)22)11-5-7-24-9-11/h3-7,9-10H,8H2,1-2H3,(H,17,20)(H,18,22)/t10-,16-/m1/s1. The lowest BCUT2D eigenvalue weighted by Gasteiger charge is -2.20. The van der Waals surface area contributed by atoms with Crippen LogP contribution < -0.4 is 10.6 Å². The topological polar surface area (TPSA) is 91.7 Å². The van der Waals surface area contributed by atoms with Gasteiger partial charge in [0.25, 0.3) is 5.91 Å². The molecule has 0 unspecified atom stereocenters. The Balaban J connectivity index is 1.68. The lowest BCUT2D eigenvalue weighted by Crippen LogP contribution is -2.43. The Labute approximate surface area is 142 Å². The molecule has 0 aromatic carbocycles. The van der Waals surface area contributed by atoms with E-state index in [0.717, 1.165) is 4.90 Å². The molecule has 1 fully saturated rings. The molecular formula is C16H17N3O4S. The number of nitrogens with zero attached hydrogens (tertiary/aromatic N) is 1. The Bertz CT molecular complexity index is 756. The van der Waals surface area contributed by atoms with E-state index < -0.39 is 23.4 Å². The van der Waals surface area contributed by atoms with E-state index in [9.17, 15) is 14.4 Å². The summed E-state index contributed by atoms with van der Waals surface area (Å²) >= 11 is 1.44. The highest BCUT2D eigenvalue weighted by Gasteiger charge is 2.49. The van der Waals surface area contributed by atoms with Crippen molar-refractivity contribution in [2.45, 2.75) is 25.4 Å². The van der Waals surface area contributed by atoms with Gasteiger partial charge in [0, 0.05) is 0 Å². The van der Waals surface area contributed by atoms with Crippen LogP contribution >= 0.6 is 11.3 Å². The summed E-state index contributed by atoms with van der Waals surface area (Å²) in [5.41, 5.74) is -0.429. The van der Waals surface area contributed by atoms with E-state index in [-0.39, 0.29) is 12.6 Å². The summed E-state index contributed by atoms with van der Waals surface area (Å²) in [5.74, 6) is -0.271. The summed E-state index contributed by atoms with van der Waals surface area (Å²) in [6.45, 7) is 3.06. The number of amides is 4. The number of urea groups is 1. The molecule has 7 nitrogen and oxygen atoms in total. The number of nitrogens with one attached hydrogen (secondary N) is 2. The minimum absolute atomic E-state index is 0.338. The third kappa shape index (κ3) is 2.80. The SMILES string of the molecule is C[C@@H](NC(=O)CN1C(=O)N[C@](C)(c2ccsc2)C1=O)c1ccco1. The number of hydrogen-bond acceptors (Lipinski definition) is 5. The molecule has 2 N–H and O–H groups in total. The molecular weight excluding hydrogens is 330 g/mol. The summed E-state index contributed by atoms with van der Waals surface area (Å²) in [6.07, 6.45) is 1.52. The van der Waals surface area contributed by atoms with Crippen LogP contribution in [0.15, 0.2) is 39.6 Å². The summed E-state index contributed by atoms with van der Waals surface area (Å²) in [5, 5.41) is 9.01. The zero-order valence-corrected chi connectivity index (χ0v) is 14.1. The first-order valence-electron chi connectivity index (χ1n) is 7.41. The number of thiophene rings is 1. The monoisotopic (exact) mass is 347 g/mol. The van der Waals surface area contributed by atoms with E-state index in [1.807, 2.05) is 5.38 Å². The maximum absolute atomic E-state index is 12.6. The molecule has 0 bridgehead atoms. The number of hydrogen-bond donors (Lipinski definition) is 2. The number of carbonyl (C=O) groups is 3. The largest absolute Gasteiger partial charge is 0.467 e. The van der Waals surface area contributed by atoms with Crippen molar-refractivity contribution in [3.63, 3.8) is 0 Å². The second-order valence-electron chi connectivity index (χ2n) is 5.76. The molecule has 4 amide bonds. The van der Waals surface area contributed by atoms with Crippen LogP contribution in [-0.2, 0) is 15.1 Å². The summed E-state index contributed by atoms with van der Waals surface area (Å²) in [4.78, 5) is 37.9. The second kappa shape index (κ2) is 6.12. The quantitative estimate of drug-likeness (QED) is 0.809. The van der Waals surface area contributed by atoms with Crippen LogP contribution in [-0.4, -0.2) is 29.3 Å². The maximum Gasteiger partial charge on any atom is 0.325 e. The van der Waals surface area contributed by atoms with Gasteiger partial charge in [-0.05, 0) is 48.4 Å². The zero-order valence-electron chi connectivity index (χ0n) is 13.2. The average molecular weight is 347 g/mol. The molecule has 2 aromatic heterocycles. The Morgan fingerprint density at radius 1 is 1.46 bits per heavy atom. The first-order chi connectivity index (χ1) is 11.4. The number of imide groups is 1.